The van der Waals surface area contributed by atoms with E-state index in [9.17, 15) is 14.4 Å². The summed E-state index contributed by atoms with van der Waals surface area (Å²) in [6.45, 7) is 0.114. The Balaban J connectivity index is 1.51. The first-order valence-corrected chi connectivity index (χ1v) is 12.7. The highest BCUT2D eigenvalue weighted by Crippen LogP contribution is 2.40. The number of nitrogens with zero attached hydrogens (tertiary/aromatic N) is 1. The minimum Gasteiger partial charge on any atom is -0.454 e. The van der Waals surface area contributed by atoms with Gasteiger partial charge in [-0.1, -0.05) is 19.3 Å². The van der Waals surface area contributed by atoms with Crippen molar-refractivity contribution in [2.75, 3.05) is 6.79 Å². The van der Waals surface area contributed by atoms with Crippen molar-refractivity contribution in [2.24, 2.45) is 0 Å². The standard InChI is InChI=1S/C28H22N4O6/c33-15-6-7-16-19(10-15)38-25-22(17-8-13-9-20-21(37-12-36-20)11-18(13)29-27(17)34)23-26(30-24(16)25)32(31-28(23)35)14-4-2-1-3-5-14/h6-11,14,30H,1-5,12H2,(H,29,34)(H,31,35). The Morgan fingerprint density at radius 2 is 1.68 bits per heavy atom. The summed E-state index contributed by atoms with van der Waals surface area (Å²) in [4.78, 5) is 45.6. The van der Waals surface area contributed by atoms with E-state index in [1.54, 1.807) is 24.3 Å². The highest BCUT2D eigenvalue weighted by Gasteiger charge is 2.27. The van der Waals surface area contributed by atoms with Gasteiger partial charge in [0.05, 0.1) is 28.0 Å². The molecule has 2 aromatic carbocycles. The summed E-state index contributed by atoms with van der Waals surface area (Å²) < 4.78 is 19.1. The van der Waals surface area contributed by atoms with Gasteiger partial charge in [0, 0.05) is 28.5 Å². The van der Waals surface area contributed by atoms with E-state index in [0.29, 0.717) is 55.7 Å². The van der Waals surface area contributed by atoms with E-state index in [-0.39, 0.29) is 34.9 Å². The molecular weight excluding hydrogens is 488 g/mol. The van der Waals surface area contributed by atoms with Crippen molar-refractivity contribution in [3.05, 3.63) is 67.3 Å². The number of furan rings is 1. The van der Waals surface area contributed by atoms with Crippen LogP contribution in [0.1, 0.15) is 38.1 Å². The van der Waals surface area contributed by atoms with Crippen molar-refractivity contribution in [1.82, 2.24) is 19.7 Å². The topological polar surface area (TPSA) is 135 Å². The van der Waals surface area contributed by atoms with Gasteiger partial charge in [0.2, 0.25) is 6.79 Å². The van der Waals surface area contributed by atoms with Gasteiger partial charge in [0.1, 0.15) is 11.2 Å². The molecule has 0 atom stereocenters. The van der Waals surface area contributed by atoms with Crippen LogP contribution in [0.15, 0.2) is 55.2 Å². The monoisotopic (exact) mass is 510 g/mol. The van der Waals surface area contributed by atoms with Gasteiger partial charge in [0.25, 0.3) is 11.1 Å². The molecule has 190 valence electrons. The van der Waals surface area contributed by atoms with Crippen LogP contribution in [0, 0.1) is 0 Å². The third-order valence-corrected chi connectivity index (χ3v) is 7.86. The number of hydrogen-bond donors (Lipinski definition) is 3. The Hall–Kier alpha value is -4.73. The first kappa shape index (κ1) is 21.4. The van der Waals surface area contributed by atoms with Crippen LogP contribution in [-0.2, 0) is 0 Å². The Morgan fingerprint density at radius 1 is 0.868 bits per heavy atom. The Labute approximate surface area is 212 Å². The molecule has 10 nitrogen and oxygen atoms in total. The fourth-order valence-corrected chi connectivity index (χ4v) is 6.06. The summed E-state index contributed by atoms with van der Waals surface area (Å²) in [5.41, 5.74) is 2.34. The molecule has 4 aromatic heterocycles. The second-order valence-electron chi connectivity index (χ2n) is 10.1. The number of aromatic nitrogens is 4. The van der Waals surface area contributed by atoms with Gasteiger partial charge in [-0.25, -0.2) is 0 Å². The number of pyridine rings is 2. The van der Waals surface area contributed by atoms with Crippen molar-refractivity contribution in [3.8, 4) is 22.6 Å². The smallest absolute Gasteiger partial charge is 0.274 e. The molecule has 1 saturated carbocycles. The van der Waals surface area contributed by atoms with Crippen LogP contribution < -0.4 is 26.0 Å². The molecule has 0 saturated heterocycles. The molecule has 0 spiro atoms. The fraction of sp³-hybridized carbons (Fsp3) is 0.250. The highest BCUT2D eigenvalue weighted by atomic mass is 16.7. The Morgan fingerprint density at radius 3 is 2.53 bits per heavy atom. The summed E-state index contributed by atoms with van der Waals surface area (Å²) in [5, 5.41) is 4.80. The highest BCUT2D eigenvalue weighted by molar-refractivity contribution is 6.14. The largest absolute Gasteiger partial charge is 0.454 e. The minimum absolute atomic E-state index is 0.114. The number of benzene rings is 2. The average molecular weight is 511 g/mol. The van der Waals surface area contributed by atoms with E-state index in [2.05, 4.69) is 15.1 Å². The third-order valence-electron chi connectivity index (χ3n) is 7.86. The van der Waals surface area contributed by atoms with E-state index in [4.69, 9.17) is 13.9 Å². The molecule has 6 aromatic rings. The number of rotatable bonds is 2. The van der Waals surface area contributed by atoms with Crippen LogP contribution in [-0.4, -0.2) is 26.5 Å². The van der Waals surface area contributed by atoms with Crippen LogP contribution >= 0.6 is 0 Å². The molecule has 0 bridgehead atoms. The molecule has 0 unspecified atom stereocenters. The first-order chi connectivity index (χ1) is 18.5. The van der Waals surface area contributed by atoms with E-state index in [1.165, 1.54) is 18.6 Å². The van der Waals surface area contributed by atoms with Crippen molar-refractivity contribution in [3.63, 3.8) is 0 Å². The number of nitrogens with one attached hydrogen (secondary N) is 3. The minimum atomic E-state index is -0.375. The SMILES string of the molecule is O=c1ccc2c(c1)oc1c(-c3cc4cc5c(cc4[nH]c3=O)OCO5)c3c(=O)[nH]n(C4CCCCC4)c3[nH]c12. The molecule has 5 heterocycles. The van der Waals surface area contributed by atoms with Crippen molar-refractivity contribution < 1.29 is 13.9 Å². The number of fused-ring (bicyclic) bond motifs is 6. The van der Waals surface area contributed by atoms with Crippen molar-refractivity contribution in [2.45, 2.75) is 38.1 Å². The third kappa shape index (κ3) is 2.97. The quantitative estimate of drug-likeness (QED) is 0.310. The lowest BCUT2D eigenvalue weighted by Gasteiger charge is -2.23. The second kappa shape index (κ2) is 7.64. The molecule has 0 radical (unpaired) electrons. The maximum absolute atomic E-state index is 13.6. The molecule has 8 rings (SSSR count). The molecule has 38 heavy (non-hydrogen) atoms. The lowest BCUT2D eigenvalue weighted by molar-refractivity contribution is 0.174. The summed E-state index contributed by atoms with van der Waals surface area (Å²) >= 11 is 0. The van der Waals surface area contributed by atoms with Crippen LogP contribution in [0.5, 0.6) is 11.5 Å². The summed E-state index contributed by atoms with van der Waals surface area (Å²) in [7, 11) is 0. The van der Waals surface area contributed by atoms with Gasteiger partial charge in [0.15, 0.2) is 22.5 Å². The van der Waals surface area contributed by atoms with E-state index in [1.807, 2.05) is 4.68 Å². The van der Waals surface area contributed by atoms with Crippen LogP contribution in [0.25, 0.3) is 55.1 Å². The van der Waals surface area contributed by atoms with Gasteiger partial charge >= 0.3 is 0 Å². The maximum Gasteiger partial charge on any atom is 0.274 e. The van der Waals surface area contributed by atoms with E-state index >= 15 is 0 Å². The Kier molecular flexibility index (Phi) is 4.29. The summed E-state index contributed by atoms with van der Waals surface area (Å²) in [6, 6.07) is 10.0. The van der Waals surface area contributed by atoms with Crippen molar-refractivity contribution >= 4 is 44.0 Å². The zero-order valence-electron chi connectivity index (χ0n) is 20.2. The molecule has 1 aliphatic carbocycles. The molecular formula is C28H22N4O6. The predicted molar refractivity (Wildman–Crippen MR) is 142 cm³/mol. The number of hydrogen-bond acceptors (Lipinski definition) is 6. The van der Waals surface area contributed by atoms with Crippen LogP contribution in [0.3, 0.4) is 0 Å². The van der Waals surface area contributed by atoms with Gasteiger partial charge < -0.3 is 23.9 Å². The molecule has 2 aliphatic rings. The second-order valence-corrected chi connectivity index (χ2v) is 10.1. The van der Waals surface area contributed by atoms with Gasteiger partial charge in [-0.15, -0.1) is 0 Å². The molecule has 10 heteroatoms. The Bertz CT molecular complexity index is 2120. The summed E-state index contributed by atoms with van der Waals surface area (Å²) in [5.74, 6) is 1.15. The maximum atomic E-state index is 13.6. The molecule has 3 N–H and O–H groups in total. The zero-order chi connectivity index (χ0) is 25.5. The fourth-order valence-electron chi connectivity index (χ4n) is 6.06. The lowest BCUT2D eigenvalue weighted by Crippen LogP contribution is -2.16. The van der Waals surface area contributed by atoms with Gasteiger partial charge in [-0.2, -0.15) is 0 Å². The normalized spacial score (nSPS) is 15.9. The van der Waals surface area contributed by atoms with Gasteiger partial charge in [-0.3, -0.25) is 24.2 Å². The van der Waals surface area contributed by atoms with Crippen molar-refractivity contribution in [1.29, 1.82) is 0 Å². The molecule has 1 fully saturated rings. The van der Waals surface area contributed by atoms with E-state index < -0.39 is 0 Å². The first-order valence-electron chi connectivity index (χ1n) is 12.7. The molecule has 1 aliphatic heterocycles. The number of H-pyrrole nitrogens is 3. The predicted octanol–water partition coefficient (Wildman–Crippen LogP) is 4.66. The molecule has 0 amide bonds. The summed E-state index contributed by atoms with van der Waals surface area (Å²) in [6.07, 6.45) is 5.26. The van der Waals surface area contributed by atoms with Gasteiger partial charge in [-0.05, 0) is 37.1 Å². The van der Waals surface area contributed by atoms with Crippen LogP contribution in [0.4, 0.5) is 0 Å². The number of aromatic amines is 3. The lowest BCUT2D eigenvalue weighted by atomic mass is 9.95. The van der Waals surface area contributed by atoms with Crippen LogP contribution in [0.2, 0.25) is 0 Å². The average Bonchev–Trinajstić information content (AvgIpc) is 3.61. The zero-order valence-corrected chi connectivity index (χ0v) is 20.2. The number of ether oxygens (including phenoxy) is 2. The van der Waals surface area contributed by atoms with E-state index in [0.717, 1.165) is 31.1 Å².